The minimum Gasteiger partial charge on any atom is -0.487 e. The third kappa shape index (κ3) is 3.85. The first-order valence-corrected chi connectivity index (χ1v) is 10.4. The molecular formula is C25H22N4O3. The number of benzene rings is 2. The number of amides is 1. The summed E-state index contributed by atoms with van der Waals surface area (Å²) in [4.78, 5) is 17.1. The van der Waals surface area contributed by atoms with Crippen LogP contribution in [-0.4, -0.2) is 40.8 Å². The maximum Gasteiger partial charge on any atom is 0.270 e. The third-order valence-corrected chi connectivity index (χ3v) is 5.49. The van der Waals surface area contributed by atoms with Gasteiger partial charge >= 0.3 is 0 Å². The summed E-state index contributed by atoms with van der Waals surface area (Å²) < 4.78 is 11.3. The highest BCUT2D eigenvalue weighted by Gasteiger charge is 2.27. The lowest BCUT2D eigenvalue weighted by Gasteiger charge is -2.13. The van der Waals surface area contributed by atoms with Gasteiger partial charge in [0.2, 0.25) is 5.88 Å². The van der Waals surface area contributed by atoms with Crippen molar-refractivity contribution in [1.82, 2.24) is 20.5 Å². The van der Waals surface area contributed by atoms with E-state index in [-0.39, 0.29) is 12.0 Å². The molecular weight excluding hydrogens is 404 g/mol. The fraction of sp³-hybridized carbons (Fsp3) is 0.200. The van der Waals surface area contributed by atoms with Crippen LogP contribution >= 0.6 is 0 Å². The zero-order chi connectivity index (χ0) is 22.1. The maximum atomic E-state index is 12.7. The van der Waals surface area contributed by atoms with E-state index in [1.54, 1.807) is 19.2 Å². The third-order valence-electron chi connectivity index (χ3n) is 5.49. The molecule has 1 amide bonds. The summed E-state index contributed by atoms with van der Waals surface area (Å²) in [6.45, 7) is 2.43. The lowest BCUT2D eigenvalue weighted by atomic mass is 10.0. The van der Waals surface area contributed by atoms with E-state index in [9.17, 15) is 4.79 Å². The number of hydrogen-bond acceptors (Lipinski definition) is 6. The first-order chi connectivity index (χ1) is 15.6. The molecule has 7 heteroatoms. The standard InChI is InChI=1S/C25H22N4O3/c1-15-11-17-13-18(32-24(17)19(12-15)21-9-10-23(31-2)29-28-21)14-26-25(30)22-8-7-16-5-3-4-6-20(16)27-22/h3-12,18H,13-14H2,1-2H3,(H,26,30). The number of hydrogen-bond donors (Lipinski definition) is 1. The van der Waals surface area contributed by atoms with Gasteiger partial charge < -0.3 is 14.8 Å². The van der Waals surface area contributed by atoms with Gasteiger partial charge in [0, 0.05) is 23.4 Å². The number of rotatable bonds is 5. The Kier molecular flexibility index (Phi) is 5.15. The SMILES string of the molecule is COc1ccc(-c2cc(C)cc3c2OC(CNC(=O)c2ccc4ccccc4n2)C3)nn1. The summed E-state index contributed by atoms with van der Waals surface area (Å²) >= 11 is 0. The van der Waals surface area contributed by atoms with Crippen molar-refractivity contribution in [1.29, 1.82) is 0 Å². The van der Waals surface area contributed by atoms with Crippen molar-refractivity contribution >= 4 is 16.8 Å². The second-order valence-electron chi connectivity index (χ2n) is 7.80. The Morgan fingerprint density at radius 2 is 2.00 bits per heavy atom. The first kappa shape index (κ1) is 19.9. The van der Waals surface area contributed by atoms with Crippen molar-refractivity contribution in [3.05, 3.63) is 77.5 Å². The number of carbonyl (C=O) groups excluding carboxylic acids is 1. The number of para-hydroxylation sites is 1. The fourth-order valence-electron chi connectivity index (χ4n) is 3.96. The number of nitrogens with one attached hydrogen (secondary N) is 1. The molecule has 1 unspecified atom stereocenters. The second kappa shape index (κ2) is 8.26. The molecule has 0 saturated carbocycles. The predicted octanol–water partition coefficient (Wildman–Crippen LogP) is 3.74. The zero-order valence-corrected chi connectivity index (χ0v) is 17.8. The van der Waals surface area contributed by atoms with Gasteiger partial charge in [-0.25, -0.2) is 4.98 Å². The normalized spacial score (nSPS) is 14.6. The van der Waals surface area contributed by atoms with Gasteiger partial charge in [0.15, 0.2) is 0 Å². The fourth-order valence-corrected chi connectivity index (χ4v) is 3.96. The van der Waals surface area contributed by atoms with Gasteiger partial charge in [-0.15, -0.1) is 10.2 Å². The van der Waals surface area contributed by atoms with Crippen LogP contribution < -0.4 is 14.8 Å². The van der Waals surface area contributed by atoms with Crippen LogP contribution in [0, 0.1) is 6.92 Å². The van der Waals surface area contributed by atoms with Crippen LogP contribution in [0.5, 0.6) is 11.6 Å². The minimum atomic E-state index is -0.215. The largest absolute Gasteiger partial charge is 0.487 e. The van der Waals surface area contributed by atoms with E-state index in [2.05, 4.69) is 26.6 Å². The first-order valence-electron chi connectivity index (χ1n) is 10.4. The summed E-state index contributed by atoms with van der Waals surface area (Å²) in [5.41, 5.74) is 5.01. The Labute approximate surface area is 185 Å². The molecule has 0 saturated heterocycles. The lowest BCUT2D eigenvalue weighted by Crippen LogP contribution is -2.34. The highest BCUT2D eigenvalue weighted by molar-refractivity contribution is 5.94. The quantitative estimate of drug-likeness (QED) is 0.523. The van der Waals surface area contributed by atoms with Crippen LogP contribution in [0.3, 0.4) is 0 Å². The van der Waals surface area contributed by atoms with E-state index < -0.39 is 0 Å². The van der Waals surface area contributed by atoms with Crippen LogP contribution in [-0.2, 0) is 6.42 Å². The molecule has 4 aromatic rings. The summed E-state index contributed by atoms with van der Waals surface area (Å²) in [7, 11) is 1.56. The number of aryl methyl sites for hydroxylation is 1. The Balaban J connectivity index is 1.31. The molecule has 2 aromatic heterocycles. The molecule has 0 aliphatic carbocycles. The van der Waals surface area contributed by atoms with E-state index in [0.717, 1.165) is 39.0 Å². The van der Waals surface area contributed by atoms with E-state index in [0.29, 0.717) is 24.5 Å². The molecule has 0 fully saturated rings. The predicted molar refractivity (Wildman–Crippen MR) is 121 cm³/mol. The van der Waals surface area contributed by atoms with Gasteiger partial charge in [0.05, 0.1) is 24.9 Å². The molecule has 0 spiro atoms. The second-order valence-corrected chi connectivity index (χ2v) is 7.80. The smallest absolute Gasteiger partial charge is 0.270 e. The number of pyridine rings is 1. The minimum absolute atomic E-state index is 0.166. The van der Waals surface area contributed by atoms with E-state index in [1.165, 1.54) is 0 Å². The van der Waals surface area contributed by atoms with Gasteiger partial charge in [-0.3, -0.25) is 4.79 Å². The topological polar surface area (TPSA) is 86.2 Å². The highest BCUT2D eigenvalue weighted by atomic mass is 16.5. The van der Waals surface area contributed by atoms with E-state index >= 15 is 0 Å². The average Bonchev–Trinajstić information content (AvgIpc) is 3.24. The molecule has 0 radical (unpaired) electrons. The number of methoxy groups -OCH3 is 1. The van der Waals surface area contributed by atoms with Gasteiger partial charge in [-0.05, 0) is 42.3 Å². The average molecular weight is 426 g/mol. The highest BCUT2D eigenvalue weighted by Crippen LogP contribution is 2.39. The Morgan fingerprint density at radius 1 is 1.12 bits per heavy atom. The Hall–Kier alpha value is -4.00. The van der Waals surface area contributed by atoms with Gasteiger partial charge in [-0.1, -0.05) is 30.3 Å². The number of carbonyl (C=O) groups is 1. The molecule has 1 N–H and O–H groups in total. The van der Waals surface area contributed by atoms with Crippen LogP contribution in [0.15, 0.2) is 60.7 Å². The Morgan fingerprint density at radius 3 is 2.81 bits per heavy atom. The summed E-state index contributed by atoms with van der Waals surface area (Å²) in [5.74, 6) is 1.03. The van der Waals surface area contributed by atoms with Gasteiger partial charge in [0.1, 0.15) is 17.5 Å². The number of nitrogens with zero attached hydrogens (tertiary/aromatic N) is 3. The molecule has 7 nitrogen and oxygen atoms in total. The molecule has 1 atom stereocenters. The van der Waals surface area contributed by atoms with Crippen LogP contribution in [0.4, 0.5) is 0 Å². The molecule has 2 aromatic carbocycles. The van der Waals surface area contributed by atoms with Crippen LogP contribution in [0.2, 0.25) is 0 Å². The van der Waals surface area contributed by atoms with Crippen molar-refractivity contribution in [3.8, 4) is 22.9 Å². The molecule has 160 valence electrons. The maximum absolute atomic E-state index is 12.7. The molecule has 5 rings (SSSR count). The van der Waals surface area contributed by atoms with E-state index in [1.807, 2.05) is 49.4 Å². The molecule has 32 heavy (non-hydrogen) atoms. The molecule has 3 heterocycles. The van der Waals surface area contributed by atoms with Gasteiger partial charge in [-0.2, -0.15) is 0 Å². The molecule has 0 bridgehead atoms. The van der Waals surface area contributed by atoms with Crippen LogP contribution in [0.25, 0.3) is 22.2 Å². The Bertz CT molecular complexity index is 1300. The monoisotopic (exact) mass is 426 g/mol. The van der Waals surface area contributed by atoms with Gasteiger partial charge in [0.25, 0.3) is 5.91 Å². The van der Waals surface area contributed by atoms with Crippen molar-refractivity contribution in [2.75, 3.05) is 13.7 Å². The molecule has 1 aliphatic rings. The number of aromatic nitrogens is 3. The van der Waals surface area contributed by atoms with Crippen LogP contribution in [0.1, 0.15) is 21.6 Å². The van der Waals surface area contributed by atoms with Crippen molar-refractivity contribution in [2.45, 2.75) is 19.4 Å². The van der Waals surface area contributed by atoms with Crippen molar-refractivity contribution < 1.29 is 14.3 Å². The molecule has 1 aliphatic heterocycles. The number of fused-ring (bicyclic) bond motifs is 2. The number of ether oxygens (including phenoxy) is 2. The lowest BCUT2D eigenvalue weighted by molar-refractivity contribution is 0.0929. The summed E-state index contributed by atoms with van der Waals surface area (Å²) in [6, 6.07) is 19.2. The zero-order valence-electron chi connectivity index (χ0n) is 17.8. The summed E-state index contributed by atoms with van der Waals surface area (Å²) in [5, 5.41) is 12.3. The summed E-state index contributed by atoms with van der Waals surface area (Å²) in [6.07, 6.45) is 0.542. The van der Waals surface area contributed by atoms with Crippen molar-refractivity contribution in [2.24, 2.45) is 0 Å². The van der Waals surface area contributed by atoms with E-state index in [4.69, 9.17) is 9.47 Å². The van der Waals surface area contributed by atoms with Crippen molar-refractivity contribution in [3.63, 3.8) is 0 Å².